The second kappa shape index (κ2) is 16.8. The van der Waals surface area contributed by atoms with Gasteiger partial charge in [0, 0.05) is 32.1 Å². The number of ketones is 1. The highest BCUT2D eigenvalue weighted by atomic mass is 16.7. The maximum absolute atomic E-state index is 14.6. The van der Waals surface area contributed by atoms with Gasteiger partial charge in [0.15, 0.2) is 18.4 Å². The number of hydrogen-bond acceptors (Lipinski definition) is 11. The Kier molecular flexibility index (Phi) is 12.8. The van der Waals surface area contributed by atoms with E-state index in [9.17, 15) is 14.7 Å². The summed E-state index contributed by atoms with van der Waals surface area (Å²) in [5, 5.41) is 10.9. The smallest absolute Gasteiger partial charge is 0.306 e. The Morgan fingerprint density at radius 2 is 1.67 bits per heavy atom. The van der Waals surface area contributed by atoms with E-state index in [0.29, 0.717) is 12.5 Å². The molecule has 1 saturated carbocycles. The highest BCUT2D eigenvalue weighted by molar-refractivity contribution is 5.99. The van der Waals surface area contributed by atoms with Gasteiger partial charge in [-0.1, -0.05) is 32.1 Å². The number of allylic oxidation sites excluding steroid dienone is 4. The molecular formula is C40H63NO10. The first kappa shape index (κ1) is 39.0. The number of ether oxygens (including phenoxy) is 7. The molecule has 0 aromatic heterocycles. The summed E-state index contributed by atoms with van der Waals surface area (Å²) in [6.45, 7) is 8.04. The molecule has 0 aromatic carbocycles. The molecule has 3 heterocycles. The van der Waals surface area contributed by atoms with E-state index in [1.165, 1.54) is 0 Å². The van der Waals surface area contributed by atoms with Crippen molar-refractivity contribution < 1.29 is 47.9 Å². The second-order valence-corrected chi connectivity index (χ2v) is 16.3. The highest BCUT2D eigenvalue weighted by Crippen LogP contribution is 2.54. The number of aliphatic hydroxyl groups is 1. The molecule has 0 aromatic rings. The van der Waals surface area contributed by atoms with Crippen LogP contribution < -0.4 is 0 Å². The van der Waals surface area contributed by atoms with Crippen LogP contribution in [0.3, 0.4) is 0 Å². The number of aliphatic hydroxyl groups excluding tert-OH is 1. The van der Waals surface area contributed by atoms with E-state index in [2.05, 4.69) is 51.1 Å². The summed E-state index contributed by atoms with van der Waals surface area (Å²) >= 11 is 0. The average molecular weight is 718 g/mol. The molecule has 0 amide bonds. The van der Waals surface area contributed by atoms with Gasteiger partial charge in [0.2, 0.25) is 0 Å². The summed E-state index contributed by atoms with van der Waals surface area (Å²) < 4.78 is 43.0. The van der Waals surface area contributed by atoms with Crippen LogP contribution in [0.15, 0.2) is 23.8 Å². The maximum Gasteiger partial charge on any atom is 0.306 e. The Balaban J connectivity index is 1.20. The predicted molar refractivity (Wildman–Crippen MR) is 189 cm³/mol. The predicted octanol–water partition coefficient (Wildman–Crippen LogP) is 4.83. The van der Waals surface area contributed by atoms with Gasteiger partial charge in [-0.2, -0.15) is 0 Å². The molecule has 1 N–H and O–H groups in total. The molecule has 4 fully saturated rings. The summed E-state index contributed by atoms with van der Waals surface area (Å²) in [5.74, 6) is -0.141. The zero-order chi connectivity index (χ0) is 36.6. The Bertz CT molecular complexity index is 1270. The molecule has 11 heteroatoms. The molecule has 288 valence electrons. The van der Waals surface area contributed by atoms with Crippen LogP contribution >= 0.6 is 0 Å². The van der Waals surface area contributed by atoms with Crippen LogP contribution in [0, 0.1) is 35.5 Å². The lowest BCUT2D eigenvalue weighted by Crippen LogP contribution is -2.59. The van der Waals surface area contributed by atoms with Gasteiger partial charge < -0.3 is 43.2 Å². The monoisotopic (exact) mass is 717 g/mol. The molecule has 0 spiro atoms. The van der Waals surface area contributed by atoms with Crippen molar-refractivity contribution in [2.75, 3.05) is 28.3 Å². The van der Waals surface area contributed by atoms with E-state index >= 15 is 0 Å². The van der Waals surface area contributed by atoms with Gasteiger partial charge in [-0.15, -0.1) is 0 Å². The summed E-state index contributed by atoms with van der Waals surface area (Å²) in [7, 11) is 7.28. The number of cyclic esters (lactones) is 1. The zero-order valence-electron chi connectivity index (χ0n) is 32.0. The second-order valence-electron chi connectivity index (χ2n) is 16.3. The van der Waals surface area contributed by atoms with E-state index in [0.717, 1.165) is 50.5 Å². The van der Waals surface area contributed by atoms with Crippen LogP contribution in [0.4, 0.5) is 0 Å². The highest BCUT2D eigenvalue weighted by Gasteiger charge is 2.52. The topological polar surface area (TPSA) is 122 Å². The van der Waals surface area contributed by atoms with Gasteiger partial charge in [0.25, 0.3) is 0 Å². The SMILES string of the molecule is CCC1CCCC(OC2CCC(N(C)C)C(C)O2)C(C)C(=O)C2=CC3C(C=CC4CC(OC5OC(C)C(OC)C(O)C5OC)CC43)C2CC(=O)O1. The van der Waals surface area contributed by atoms with E-state index < -0.39 is 24.6 Å². The fourth-order valence-corrected chi connectivity index (χ4v) is 10.2. The third kappa shape index (κ3) is 8.21. The van der Waals surface area contributed by atoms with Crippen molar-refractivity contribution in [3.8, 4) is 0 Å². The molecule has 51 heavy (non-hydrogen) atoms. The van der Waals surface area contributed by atoms with Gasteiger partial charge in [0.05, 0.1) is 30.8 Å². The molecule has 17 unspecified atom stereocenters. The van der Waals surface area contributed by atoms with Crippen molar-refractivity contribution >= 4 is 11.8 Å². The fraction of sp³-hybridized carbons (Fsp3) is 0.850. The third-order valence-corrected chi connectivity index (χ3v) is 13.0. The molecule has 17 atom stereocenters. The summed E-state index contributed by atoms with van der Waals surface area (Å²) in [4.78, 5) is 30.3. The van der Waals surface area contributed by atoms with Crippen molar-refractivity contribution in [2.45, 2.75) is 153 Å². The molecule has 0 radical (unpaired) electrons. The lowest BCUT2D eigenvalue weighted by molar-refractivity contribution is -0.311. The van der Waals surface area contributed by atoms with Gasteiger partial charge >= 0.3 is 5.97 Å². The van der Waals surface area contributed by atoms with E-state index in [-0.39, 0.29) is 90.5 Å². The molecular weight excluding hydrogens is 654 g/mol. The van der Waals surface area contributed by atoms with Crippen LogP contribution in [-0.4, -0.2) is 118 Å². The lowest BCUT2D eigenvalue weighted by atomic mass is 9.70. The van der Waals surface area contributed by atoms with Crippen LogP contribution in [0.2, 0.25) is 0 Å². The number of carbonyl (C=O) groups excluding carboxylic acids is 2. The number of rotatable bonds is 8. The minimum Gasteiger partial charge on any atom is -0.462 e. The van der Waals surface area contributed by atoms with Crippen molar-refractivity contribution in [1.29, 1.82) is 0 Å². The number of esters is 1. The molecule has 0 bridgehead atoms. The normalized spacial score (nSPS) is 46.4. The standard InChI is InChI=1S/C40H63NO10/c1-9-25-11-10-12-33(51-35-16-15-32(41(5)6)22(3)47-35)21(2)36(43)31-19-29-27(30(31)20-34(42)49-25)14-13-24-17-26(18-28(24)29)50-40-39(46-8)37(44)38(45-7)23(4)48-40/h13-14,19,21-30,32-33,35,37-40,44H,9-12,15-18,20H2,1-8H3. The fourth-order valence-electron chi connectivity index (χ4n) is 10.2. The van der Waals surface area contributed by atoms with Crippen molar-refractivity contribution in [1.82, 2.24) is 4.90 Å². The van der Waals surface area contributed by atoms with E-state index in [1.807, 2.05) is 13.8 Å². The number of nitrogens with zero attached hydrogens (tertiary/aromatic N) is 1. The van der Waals surface area contributed by atoms with Crippen LogP contribution in [0.5, 0.6) is 0 Å². The van der Waals surface area contributed by atoms with Gasteiger partial charge in [-0.3, -0.25) is 9.59 Å². The van der Waals surface area contributed by atoms with Crippen LogP contribution in [-0.2, 0) is 42.7 Å². The van der Waals surface area contributed by atoms with E-state index in [4.69, 9.17) is 33.2 Å². The number of Topliss-reactive ketones (excluding diaryl/α,β-unsaturated/α-hetero) is 1. The first-order valence-electron chi connectivity index (χ1n) is 19.6. The van der Waals surface area contributed by atoms with Crippen LogP contribution in [0.1, 0.15) is 85.5 Å². The van der Waals surface area contributed by atoms with Crippen molar-refractivity contribution in [3.05, 3.63) is 23.8 Å². The number of likely N-dealkylation sites (N-methyl/N-ethyl adjacent to an activating group) is 1. The van der Waals surface area contributed by atoms with Gasteiger partial charge in [-0.05, 0) is 109 Å². The Hall–Kier alpha value is -1.70. The number of carbonyl (C=O) groups is 2. The minimum atomic E-state index is -0.880. The first-order valence-corrected chi connectivity index (χ1v) is 19.6. The van der Waals surface area contributed by atoms with Gasteiger partial charge in [0.1, 0.15) is 24.4 Å². The first-order chi connectivity index (χ1) is 24.4. The average Bonchev–Trinajstić information content (AvgIpc) is 3.67. The quantitative estimate of drug-likeness (QED) is 0.275. The van der Waals surface area contributed by atoms with Crippen molar-refractivity contribution in [3.63, 3.8) is 0 Å². The van der Waals surface area contributed by atoms with Crippen LogP contribution in [0.25, 0.3) is 0 Å². The molecule has 11 nitrogen and oxygen atoms in total. The third-order valence-electron chi connectivity index (χ3n) is 13.0. The van der Waals surface area contributed by atoms with Crippen molar-refractivity contribution in [2.24, 2.45) is 35.5 Å². The molecule has 3 aliphatic carbocycles. The summed E-state index contributed by atoms with van der Waals surface area (Å²) in [5.41, 5.74) is 0.745. The molecule has 3 saturated heterocycles. The lowest BCUT2D eigenvalue weighted by Gasteiger charge is -2.42. The van der Waals surface area contributed by atoms with E-state index in [1.54, 1.807) is 14.2 Å². The summed E-state index contributed by atoms with van der Waals surface area (Å²) in [6.07, 6.45) is 9.22. The minimum absolute atomic E-state index is 0.0264. The number of fused-ring (bicyclic) bond motifs is 5. The Morgan fingerprint density at radius 3 is 2.35 bits per heavy atom. The number of methoxy groups -OCH3 is 2. The Morgan fingerprint density at radius 1 is 0.902 bits per heavy atom. The maximum atomic E-state index is 14.6. The zero-order valence-corrected chi connectivity index (χ0v) is 32.0. The van der Waals surface area contributed by atoms with Gasteiger partial charge in [-0.25, -0.2) is 0 Å². The number of hydrogen-bond donors (Lipinski definition) is 1. The Labute approximate surface area is 304 Å². The largest absolute Gasteiger partial charge is 0.462 e. The molecule has 6 rings (SSSR count). The molecule has 6 aliphatic rings. The molecule has 3 aliphatic heterocycles. The summed E-state index contributed by atoms with van der Waals surface area (Å²) in [6, 6.07) is 0.334.